The Morgan fingerprint density at radius 1 is 0.600 bits per heavy atom. The van der Waals surface area contributed by atoms with E-state index in [2.05, 4.69) is 38.1 Å². The second-order valence-corrected chi connectivity index (χ2v) is 12.7. The number of hydrogen-bond donors (Lipinski definition) is 1. The molecule has 4 aromatic rings. The molecule has 1 heterocycles. The van der Waals surface area contributed by atoms with Crippen molar-refractivity contribution in [3.63, 3.8) is 0 Å². The maximum Gasteiger partial charge on any atom is 0.186 e. The van der Waals surface area contributed by atoms with Gasteiger partial charge in [-0.15, -0.1) is 0 Å². The molecule has 0 spiro atoms. The van der Waals surface area contributed by atoms with E-state index in [0.29, 0.717) is 38.3 Å². The highest BCUT2D eigenvalue weighted by atomic mass is 16.7. The van der Waals surface area contributed by atoms with Gasteiger partial charge in [0, 0.05) is 0 Å². The van der Waals surface area contributed by atoms with E-state index in [1.807, 2.05) is 97.1 Å². The number of aliphatic hydroxyl groups is 1. The van der Waals surface area contributed by atoms with Crippen molar-refractivity contribution < 1.29 is 28.8 Å². The molecule has 1 aliphatic heterocycles. The molecule has 236 valence electrons. The first kappa shape index (κ1) is 31.6. The maximum absolute atomic E-state index is 11.7. The molecule has 2 fully saturated rings. The van der Waals surface area contributed by atoms with E-state index in [9.17, 15) is 5.11 Å². The predicted octanol–water partition coefficient (Wildman–Crippen LogP) is 6.92. The van der Waals surface area contributed by atoms with Crippen LogP contribution in [0.5, 0.6) is 0 Å². The SMILES string of the molecule is CC1(C)[C@H](CO[C@@H]2O[C@H](COCc3ccccc3)[C@@H](OCc3ccccc3)[C@H](OCc3ccccc3)[C@H]2O)[C@H]1c1ccccc1. The van der Waals surface area contributed by atoms with Crippen LogP contribution in [-0.2, 0) is 43.5 Å². The zero-order chi connectivity index (χ0) is 31.1. The van der Waals surface area contributed by atoms with Gasteiger partial charge in [-0.25, -0.2) is 0 Å². The average Bonchev–Trinajstić information content (AvgIpc) is 3.64. The lowest BCUT2D eigenvalue weighted by Gasteiger charge is -2.44. The van der Waals surface area contributed by atoms with Gasteiger partial charge in [0.1, 0.15) is 24.4 Å². The van der Waals surface area contributed by atoms with E-state index >= 15 is 0 Å². The van der Waals surface area contributed by atoms with Crippen molar-refractivity contribution in [3.8, 4) is 0 Å². The molecule has 0 radical (unpaired) electrons. The van der Waals surface area contributed by atoms with Crippen LogP contribution >= 0.6 is 0 Å². The van der Waals surface area contributed by atoms with Gasteiger partial charge in [-0.2, -0.15) is 0 Å². The lowest BCUT2D eigenvalue weighted by molar-refractivity contribution is -0.319. The van der Waals surface area contributed by atoms with Gasteiger partial charge in [0.05, 0.1) is 33.0 Å². The number of ether oxygens (including phenoxy) is 5. The van der Waals surface area contributed by atoms with Crippen LogP contribution in [0, 0.1) is 11.3 Å². The lowest BCUT2D eigenvalue weighted by atomic mass is 9.98. The molecular weight excluding hydrogens is 564 g/mol. The first-order valence-corrected chi connectivity index (χ1v) is 15.9. The van der Waals surface area contributed by atoms with E-state index in [0.717, 1.165) is 16.7 Å². The molecule has 6 heteroatoms. The van der Waals surface area contributed by atoms with Crippen LogP contribution in [0.3, 0.4) is 0 Å². The van der Waals surface area contributed by atoms with E-state index in [4.69, 9.17) is 23.7 Å². The monoisotopic (exact) mass is 608 g/mol. The maximum atomic E-state index is 11.7. The van der Waals surface area contributed by atoms with Gasteiger partial charge in [-0.3, -0.25) is 0 Å². The molecule has 2 aliphatic rings. The summed E-state index contributed by atoms with van der Waals surface area (Å²) < 4.78 is 32.1. The Labute approximate surface area is 266 Å². The number of aliphatic hydroxyl groups excluding tert-OH is 1. The Bertz CT molecular complexity index is 1430. The van der Waals surface area contributed by atoms with Crippen molar-refractivity contribution in [2.75, 3.05) is 13.2 Å². The highest BCUT2D eigenvalue weighted by Gasteiger charge is 2.59. The molecule has 1 N–H and O–H groups in total. The van der Waals surface area contributed by atoms with E-state index in [1.165, 1.54) is 5.56 Å². The molecule has 7 atom stereocenters. The molecule has 0 bridgehead atoms. The normalized spacial score (nSPS) is 27.2. The first-order valence-electron chi connectivity index (χ1n) is 15.9. The number of hydrogen-bond acceptors (Lipinski definition) is 6. The summed E-state index contributed by atoms with van der Waals surface area (Å²) in [5, 5.41) is 11.7. The fourth-order valence-corrected chi connectivity index (χ4v) is 6.53. The van der Waals surface area contributed by atoms with E-state index in [-0.39, 0.29) is 12.0 Å². The van der Waals surface area contributed by atoms with Crippen molar-refractivity contribution in [2.45, 2.75) is 70.3 Å². The molecule has 6 nitrogen and oxygen atoms in total. The Hall–Kier alpha value is -3.36. The second-order valence-electron chi connectivity index (χ2n) is 12.7. The summed E-state index contributed by atoms with van der Waals surface area (Å²) in [4.78, 5) is 0. The van der Waals surface area contributed by atoms with Crippen LogP contribution in [0.2, 0.25) is 0 Å². The van der Waals surface area contributed by atoms with Gasteiger partial charge in [0.25, 0.3) is 0 Å². The summed E-state index contributed by atoms with van der Waals surface area (Å²) in [6, 6.07) is 40.6. The topological polar surface area (TPSA) is 66.4 Å². The minimum Gasteiger partial charge on any atom is -0.385 e. The quantitative estimate of drug-likeness (QED) is 0.168. The first-order chi connectivity index (χ1) is 22.0. The third kappa shape index (κ3) is 7.90. The number of benzene rings is 4. The van der Waals surface area contributed by atoms with Crippen LogP contribution in [0.15, 0.2) is 121 Å². The van der Waals surface area contributed by atoms with Gasteiger partial charge in [0.15, 0.2) is 6.29 Å². The fraction of sp³-hybridized carbons (Fsp3) is 0.385. The van der Waals surface area contributed by atoms with Crippen molar-refractivity contribution in [1.82, 2.24) is 0 Å². The zero-order valence-corrected chi connectivity index (χ0v) is 26.1. The highest BCUT2D eigenvalue weighted by Crippen LogP contribution is 2.64. The highest BCUT2D eigenvalue weighted by molar-refractivity contribution is 5.31. The molecule has 1 saturated carbocycles. The summed E-state index contributed by atoms with van der Waals surface area (Å²) in [7, 11) is 0. The molecule has 0 aromatic heterocycles. The van der Waals surface area contributed by atoms with Crippen LogP contribution in [0.4, 0.5) is 0 Å². The van der Waals surface area contributed by atoms with Crippen LogP contribution in [0.1, 0.15) is 42.0 Å². The zero-order valence-electron chi connectivity index (χ0n) is 26.1. The smallest absolute Gasteiger partial charge is 0.186 e. The van der Waals surface area contributed by atoms with Crippen molar-refractivity contribution in [3.05, 3.63) is 144 Å². The second kappa shape index (κ2) is 14.8. The predicted molar refractivity (Wildman–Crippen MR) is 173 cm³/mol. The third-order valence-corrected chi connectivity index (χ3v) is 9.23. The van der Waals surface area contributed by atoms with Crippen LogP contribution in [0.25, 0.3) is 0 Å². The van der Waals surface area contributed by atoms with Gasteiger partial charge in [-0.05, 0) is 39.5 Å². The van der Waals surface area contributed by atoms with Gasteiger partial charge >= 0.3 is 0 Å². The van der Waals surface area contributed by atoms with Gasteiger partial charge in [-0.1, -0.05) is 135 Å². The van der Waals surface area contributed by atoms with Gasteiger partial charge in [0.2, 0.25) is 0 Å². The fourth-order valence-electron chi connectivity index (χ4n) is 6.53. The van der Waals surface area contributed by atoms with Gasteiger partial charge < -0.3 is 28.8 Å². The summed E-state index contributed by atoms with van der Waals surface area (Å²) in [5.74, 6) is 0.690. The molecule has 1 aliphatic carbocycles. The minimum atomic E-state index is -1.06. The summed E-state index contributed by atoms with van der Waals surface area (Å²) in [6.45, 7) is 6.38. The third-order valence-electron chi connectivity index (χ3n) is 9.23. The Balaban J connectivity index is 1.20. The summed E-state index contributed by atoms with van der Waals surface area (Å²) in [6.07, 6.45) is -3.76. The van der Waals surface area contributed by atoms with E-state index in [1.54, 1.807) is 0 Å². The minimum absolute atomic E-state index is 0.0870. The standard InChI is InChI=1S/C39H44O6/c1-39(2)32(34(39)31-21-13-6-14-22-31)26-44-38-35(40)37(43-25-30-19-11-5-12-20-30)36(42-24-29-17-9-4-10-18-29)33(45-38)27-41-23-28-15-7-3-8-16-28/h3-22,32-38,40H,23-27H2,1-2H3/t32-,33-,34-,35-,36-,37-,38-/m1/s1. The van der Waals surface area contributed by atoms with Crippen LogP contribution in [-0.4, -0.2) is 49.0 Å². The lowest BCUT2D eigenvalue weighted by Crippen LogP contribution is -2.61. The molecule has 45 heavy (non-hydrogen) atoms. The van der Waals surface area contributed by atoms with Crippen molar-refractivity contribution in [2.24, 2.45) is 11.3 Å². The van der Waals surface area contributed by atoms with E-state index < -0.39 is 30.7 Å². The Kier molecular flexibility index (Phi) is 10.4. The Morgan fingerprint density at radius 2 is 1.09 bits per heavy atom. The van der Waals surface area contributed by atoms with Crippen LogP contribution < -0.4 is 0 Å². The van der Waals surface area contributed by atoms with Crippen molar-refractivity contribution >= 4 is 0 Å². The number of rotatable bonds is 14. The molecule has 0 unspecified atom stereocenters. The Morgan fingerprint density at radius 3 is 1.64 bits per heavy atom. The largest absolute Gasteiger partial charge is 0.385 e. The summed E-state index contributed by atoms with van der Waals surface area (Å²) >= 11 is 0. The summed E-state index contributed by atoms with van der Waals surface area (Å²) in [5.41, 5.74) is 4.51. The molecule has 4 aromatic carbocycles. The van der Waals surface area contributed by atoms with Crippen molar-refractivity contribution in [1.29, 1.82) is 0 Å². The molecule has 0 amide bonds. The molecular formula is C39H44O6. The average molecular weight is 609 g/mol. The molecule has 1 saturated heterocycles. The molecule has 6 rings (SSSR count).